The van der Waals surface area contributed by atoms with Gasteiger partial charge in [0.2, 0.25) is 0 Å². The summed E-state index contributed by atoms with van der Waals surface area (Å²) in [7, 11) is 3.32. The van der Waals surface area contributed by atoms with E-state index in [9.17, 15) is 0 Å². The quantitative estimate of drug-likeness (QED) is 0.839. The van der Waals surface area contributed by atoms with Crippen LogP contribution in [0.4, 0.5) is 0 Å². The average molecular weight is 285 g/mol. The molecule has 21 heavy (non-hydrogen) atoms. The van der Waals surface area contributed by atoms with E-state index in [4.69, 9.17) is 9.47 Å². The summed E-state index contributed by atoms with van der Waals surface area (Å²) in [4.78, 5) is 0. The lowest BCUT2D eigenvalue weighted by atomic mass is 9.98. The second-order valence-corrected chi connectivity index (χ2v) is 4.91. The largest absolute Gasteiger partial charge is 0.493 e. The van der Waals surface area contributed by atoms with Gasteiger partial charge in [-0.2, -0.15) is 0 Å². The molecule has 2 aromatic carbocycles. The molecule has 3 heteroatoms. The van der Waals surface area contributed by atoms with Crippen LogP contribution in [0.25, 0.3) is 0 Å². The summed E-state index contributed by atoms with van der Waals surface area (Å²) in [6.07, 6.45) is 1.09. The van der Waals surface area contributed by atoms with Gasteiger partial charge in [-0.1, -0.05) is 43.3 Å². The molecule has 0 aliphatic heterocycles. The van der Waals surface area contributed by atoms with E-state index in [0.717, 1.165) is 24.5 Å². The molecule has 1 N–H and O–H groups in total. The van der Waals surface area contributed by atoms with E-state index >= 15 is 0 Å². The molecule has 112 valence electrons. The molecular weight excluding hydrogens is 262 g/mol. The lowest BCUT2D eigenvalue weighted by Crippen LogP contribution is -2.23. The van der Waals surface area contributed by atoms with Gasteiger partial charge in [-0.05, 0) is 36.2 Å². The van der Waals surface area contributed by atoms with Crippen LogP contribution in [0, 0.1) is 0 Å². The Morgan fingerprint density at radius 1 is 0.905 bits per heavy atom. The summed E-state index contributed by atoms with van der Waals surface area (Å²) >= 11 is 0. The Bertz CT molecular complexity index is 554. The van der Waals surface area contributed by atoms with Gasteiger partial charge in [0.15, 0.2) is 11.5 Å². The highest BCUT2D eigenvalue weighted by atomic mass is 16.5. The number of hydrogen-bond donors (Lipinski definition) is 1. The van der Waals surface area contributed by atoms with Crippen molar-refractivity contribution in [3.63, 3.8) is 0 Å². The maximum atomic E-state index is 5.41. The number of rotatable bonds is 7. The van der Waals surface area contributed by atoms with Crippen molar-refractivity contribution < 1.29 is 9.47 Å². The van der Waals surface area contributed by atoms with Gasteiger partial charge in [-0.15, -0.1) is 0 Å². The van der Waals surface area contributed by atoms with Gasteiger partial charge in [-0.3, -0.25) is 0 Å². The lowest BCUT2D eigenvalue weighted by Gasteiger charge is -2.21. The Labute approximate surface area is 126 Å². The zero-order valence-corrected chi connectivity index (χ0v) is 12.9. The normalized spacial score (nSPS) is 12.0. The fourth-order valence-electron chi connectivity index (χ4n) is 2.39. The van der Waals surface area contributed by atoms with E-state index < -0.39 is 0 Å². The molecule has 0 bridgehead atoms. The van der Waals surface area contributed by atoms with Crippen molar-refractivity contribution in [1.29, 1.82) is 0 Å². The molecule has 0 amide bonds. The predicted molar refractivity (Wildman–Crippen MR) is 86.1 cm³/mol. The minimum absolute atomic E-state index is 0.158. The number of nitrogens with one attached hydrogen (secondary N) is 1. The van der Waals surface area contributed by atoms with Crippen LogP contribution >= 0.6 is 0 Å². The minimum atomic E-state index is 0.158. The molecule has 0 aliphatic rings. The molecule has 0 saturated heterocycles. The van der Waals surface area contributed by atoms with Crippen LogP contribution < -0.4 is 14.8 Å². The molecule has 0 aromatic heterocycles. The van der Waals surface area contributed by atoms with Gasteiger partial charge in [0, 0.05) is 0 Å². The Kier molecular flexibility index (Phi) is 5.64. The number of methoxy groups -OCH3 is 2. The molecule has 3 nitrogen and oxygen atoms in total. The first-order chi connectivity index (χ1) is 10.3. The van der Waals surface area contributed by atoms with Gasteiger partial charge >= 0.3 is 0 Å². The molecular formula is C18H23NO2. The summed E-state index contributed by atoms with van der Waals surface area (Å²) < 4.78 is 10.7. The summed E-state index contributed by atoms with van der Waals surface area (Å²) in [5.74, 6) is 1.51. The molecule has 0 radical (unpaired) electrons. The lowest BCUT2D eigenvalue weighted by molar-refractivity contribution is 0.354. The van der Waals surface area contributed by atoms with Crippen molar-refractivity contribution in [3.8, 4) is 11.5 Å². The van der Waals surface area contributed by atoms with Crippen LogP contribution in [0.3, 0.4) is 0 Å². The zero-order chi connectivity index (χ0) is 15.1. The second kappa shape index (κ2) is 7.70. The Morgan fingerprint density at radius 2 is 1.62 bits per heavy atom. The van der Waals surface area contributed by atoms with E-state index in [-0.39, 0.29) is 6.04 Å². The number of ether oxygens (including phenoxy) is 2. The van der Waals surface area contributed by atoms with Crippen LogP contribution in [0.5, 0.6) is 11.5 Å². The smallest absolute Gasteiger partial charge is 0.161 e. The molecule has 0 spiro atoms. The molecule has 2 rings (SSSR count). The molecule has 2 aromatic rings. The fourth-order valence-corrected chi connectivity index (χ4v) is 2.39. The maximum absolute atomic E-state index is 5.41. The first kappa shape index (κ1) is 15.4. The summed E-state index contributed by atoms with van der Waals surface area (Å²) in [6.45, 7) is 3.14. The van der Waals surface area contributed by atoms with Gasteiger partial charge < -0.3 is 14.8 Å². The first-order valence-corrected chi connectivity index (χ1v) is 7.30. The van der Waals surface area contributed by atoms with Crippen LogP contribution in [0.2, 0.25) is 0 Å². The van der Waals surface area contributed by atoms with Crippen molar-refractivity contribution in [3.05, 3.63) is 59.7 Å². The minimum Gasteiger partial charge on any atom is -0.493 e. The van der Waals surface area contributed by atoms with Crippen LogP contribution in [-0.4, -0.2) is 20.8 Å². The Hall–Kier alpha value is -2.00. The van der Waals surface area contributed by atoms with Crippen molar-refractivity contribution in [1.82, 2.24) is 5.32 Å². The first-order valence-electron chi connectivity index (χ1n) is 7.30. The highest BCUT2D eigenvalue weighted by Crippen LogP contribution is 2.32. The topological polar surface area (TPSA) is 30.5 Å². The Balaban J connectivity index is 2.36. The third kappa shape index (κ3) is 3.76. The molecule has 0 heterocycles. The summed E-state index contributed by atoms with van der Waals surface area (Å²) in [5, 5.41) is 3.59. The second-order valence-electron chi connectivity index (χ2n) is 4.91. The monoisotopic (exact) mass is 285 g/mol. The zero-order valence-electron chi connectivity index (χ0n) is 12.9. The van der Waals surface area contributed by atoms with E-state index in [2.05, 4.69) is 42.6 Å². The van der Waals surface area contributed by atoms with Crippen LogP contribution in [-0.2, 0) is 0 Å². The maximum Gasteiger partial charge on any atom is 0.161 e. The van der Waals surface area contributed by atoms with E-state index in [1.807, 2.05) is 18.2 Å². The summed E-state index contributed by atoms with van der Waals surface area (Å²) in [5.41, 5.74) is 2.42. The van der Waals surface area contributed by atoms with E-state index in [1.165, 1.54) is 11.1 Å². The SMILES string of the molecule is CCCNC(c1ccccc1)c1ccc(OC)c(OC)c1. The van der Waals surface area contributed by atoms with Gasteiger partial charge in [0.05, 0.1) is 20.3 Å². The van der Waals surface area contributed by atoms with Gasteiger partial charge in [0.25, 0.3) is 0 Å². The third-order valence-corrected chi connectivity index (χ3v) is 3.47. The Morgan fingerprint density at radius 3 is 2.24 bits per heavy atom. The molecule has 1 unspecified atom stereocenters. The standard InChI is InChI=1S/C18H23NO2/c1-4-12-19-18(14-8-6-5-7-9-14)15-10-11-16(20-2)17(13-15)21-3/h5-11,13,18-19H,4,12H2,1-3H3. The molecule has 0 aliphatic carbocycles. The highest BCUT2D eigenvalue weighted by molar-refractivity contribution is 5.45. The number of benzene rings is 2. The van der Waals surface area contributed by atoms with Gasteiger partial charge in [0.1, 0.15) is 0 Å². The van der Waals surface area contributed by atoms with E-state index in [0.29, 0.717) is 0 Å². The fraction of sp³-hybridized carbons (Fsp3) is 0.333. The predicted octanol–water partition coefficient (Wildman–Crippen LogP) is 3.79. The van der Waals surface area contributed by atoms with Crippen LogP contribution in [0.1, 0.15) is 30.5 Å². The van der Waals surface area contributed by atoms with Gasteiger partial charge in [-0.25, -0.2) is 0 Å². The molecule has 0 saturated carbocycles. The highest BCUT2D eigenvalue weighted by Gasteiger charge is 2.15. The summed E-state index contributed by atoms with van der Waals surface area (Å²) in [6, 6.07) is 16.7. The van der Waals surface area contributed by atoms with E-state index in [1.54, 1.807) is 14.2 Å². The molecule has 0 fully saturated rings. The number of hydrogen-bond acceptors (Lipinski definition) is 3. The van der Waals surface area contributed by atoms with Crippen LogP contribution in [0.15, 0.2) is 48.5 Å². The average Bonchev–Trinajstić information content (AvgIpc) is 2.56. The van der Waals surface area contributed by atoms with Crippen molar-refractivity contribution in [2.75, 3.05) is 20.8 Å². The third-order valence-electron chi connectivity index (χ3n) is 3.47. The van der Waals surface area contributed by atoms with Crippen molar-refractivity contribution in [2.45, 2.75) is 19.4 Å². The van der Waals surface area contributed by atoms with Crippen molar-refractivity contribution >= 4 is 0 Å². The van der Waals surface area contributed by atoms with Crippen molar-refractivity contribution in [2.24, 2.45) is 0 Å². The molecule has 1 atom stereocenters.